The van der Waals surface area contributed by atoms with Crippen molar-refractivity contribution in [1.29, 1.82) is 0 Å². The van der Waals surface area contributed by atoms with E-state index >= 15 is 0 Å². The molecule has 0 unspecified atom stereocenters. The Kier molecular flexibility index (Phi) is 5.97. The van der Waals surface area contributed by atoms with Gasteiger partial charge >= 0.3 is 0 Å². The number of para-hydroxylation sites is 1. The van der Waals surface area contributed by atoms with Gasteiger partial charge in [0.05, 0.1) is 17.6 Å². The van der Waals surface area contributed by atoms with Gasteiger partial charge in [0.25, 0.3) is 0 Å². The monoisotopic (exact) mass is 620 g/mol. The van der Waals surface area contributed by atoms with E-state index in [1.54, 1.807) is 0 Å². The fourth-order valence-corrected chi connectivity index (χ4v) is 7.97. The predicted molar refractivity (Wildman–Crippen MR) is 208 cm³/mol. The average molecular weight is 621 g/mol. The van der Waals surface area contributed by atoms with Crippen molar-refractivity contribution < 1.29 is 0 Å². The fraction of sp³-hybridized carbons (Fsp3) is 0. The molecule has 1 aromatic heterocycles. The van der Waals surface area contributed by atoms with Crippen molar-refractivity contribution in [2.75, 3.05) is 0 Å². The molecule has 0 spiro atoms. The molecule has 0 fully saturated rings. The maximum Gasteiger partial charge on any atom is 0.188 e. The van der Waals surface area contributed by atoms with Crippen LogP contribution in [0.25, 0.3) is 97.7 Å². The van der Waals surface area contributed by atoms with Crippen LogP contribution < -0.4 is 0 Å². The number of nitrogens with zero attached hydrogens (tertiary/aromatic N) is 2. The van der Waals surface area contributed by atoms with Crippen LogP contribution in [-0.2, 0) is 0 Å². The minimum atomic E-state index is 0.652. The lowest BCUT2D eigenvalue weighted by Crippen LogP contribution is -1.93. The van der Waals surface area contributed by atoms with E-state index in [0.29, 0.717) is 5.69 Å². The molecule has 0 aliphatic carbocycles. The summed E-state index contributed by atoms with van der Waals surface area (Å²) in [6.45, 7) is 7.66. The number of rotatable bonds is 3. The number of fused-ring (bicyclic) bond motifs is 9. The molecule has 0 saturated heterocycles. The summed E-state index contributed by atoms with van der Waals surface area (Å²) in [6.07, 6.45) is 0. The molecular weight excluding hydrogens is 593 g/mol. The zero-order chi connectivity index (χ0) is 32.5. The van der Waals surface area contributed by atoms with Crippen LogP contribution in [0, 0.1) is 6.57 Å². The molecule has 10 rings (SSSR count). The highest BCUT2D eigenvalue weighted by molar-refractivity contribution is 6.25. The van der Waals surface area contributed by atoms with Gasteiger partial charge in [-0.25, -0.2) is 4.85 Å². The van der Waals surface area contributed by atoms with Crippen molar-refractivity contribution in [3.05, 3.63) is 181 Å². The summed E-state index contributed by atoms with van der Waals surface area (Å²) < 4.78 is 2.33. The Morgan fingerprint density at radius 1 is 0.367 bits per heavy atom. The molecule has 0 radical (unpaired) electrons. The van der Waals surface area contributed by atoms with Crippen LogP contribution in [0.3, 0.4) is 0 Å². The van der Waals surface area contributed by atoms with Gasteiger partial charge in [0.1, 0.15) is 0 Å². The normalized spacial score (nSPS) is 11.7. The lowest BCUT2D eigenvalue weighted by Gasteiger charge is -2.17. The third-order valence-corrected chi connectivity index (χ3v) is 10.2. The first-order chi connectivity index (χ1) is 24.3. The summed E-state index contributed by atoms with van der Waals surface area (Å²) in [5.41, 5.74) is 8.86. The van der Waals surface area contributed by atoms with Crippen LogP contribution in [0.4, 0.5) is 5.69 Å². The van der Waals surface area contributed by atoms with E-state index in [1.807, 2.05) is 12.1 Å². The highest BCUT2D eigenvalue weighted by atomic mass is 15.0. The fourth-order valence-electron chi connectivity index (χ4n) is 7.97. The van der Waals surface area contributed by atoms with Crippen LogP contribution in [0.1, 0.15) is 0 Å². The van der Waals surface area contributed by atoms with E-state index in [4.69, 9.17) is 6.57 Å². The van der Waals surface area contributed by atoms with Crippen molar-refractivity contribution in [2.45, 2.75) is 0 Å². The van der Waals surface area contributed by atoms with Gasteiger partial charge in [-0.05, 0) is 113 Å². The molecule has 0 aliphatic heterocycles. The molecule has 2 nitrogen and oxygen atoms in total. The first-order valence-corrected chi connectivity index (χ1v) is 16.6. The molecule has 10 aromatic rings. The minimum absolute atomic E-state index is 0.652. The number of hydrogen-bond donors (Lipinski definition) is 0. The van der Waals surface area contributed by atoms with Gasteiger partial charge in [-0.2, -0.15) is 0 Å². The molecule has 226 valence electrons. The molecule has 0 aliphatic rings. The van der Waals surface area contributed by atoms with Crippen LogP contribution in [-0.4, -0.2) is 4.57 Å². The average Bonchev–Trinajstić information content (AvgIpc) is 3.50. The quantitative estimate of drug-likeness (QED) is 0.137. The third-order valence-electron chi connectivity index (χ3n) is 10.2. The van der Waals surface area contributed by atoms with Gasteiger partial charge in [-0.3, -0.25) is 0 Å². The summed E-state index contributed by atoms with van der Waals surface area (Å²) in [5, 5.41) is 12.2. The van der Waals surface area contributed by atoms with Crippen LogP contribution >= 0.6 is 0 Å². The van der Waals surface area contributed by atoms with Gasteiger partial charge in [0.2, 0.25) is 0 Å². The minimum Gasteiger partial charge on any atom is -0.309 e. The van der Waals surface area contributed by atoms with E-state index in [0.717, 1.165) is 27.5 Å². The SMILES string of the molecule is [C-]#[N+]c1ccc2c(c1)c1ccc(-c3cc4c5ccccc5c(-c5cccc6ccccc56)cc4c4ccccc34)cc1n2-c1ccccc1. The standard InChI is InChI=1S/C47H28N2/c1-48-32-23-25-46-45(27-32)40-24-22-31(26-47(40)49(46)33-14-3-2-4-15-33)41-28-43-39-20-10-9-19-38(39)42(29-44(43)37-18-8-7-17-36(37)41)35-21-11-13-30-12-5-6-16-34(30)35/h2-29H. The largest absolute Gasteiger partial charge is 0.309 e. The second-order valence-electron chi connectivity index (χ2n) is 12.8. The Morgan fingerprint density at radius 3 is 1.76 bits per heavy atom. The first kappa shape index (κ1) is 27.4. The number of benzene rings is 9. The molecule has 0 N–H and O–H groups in total. The molecule has 1 heterocycles. The number of aromatic nitrogens is 1. The van der Waals surface area contributed by atoms with Crippen molar-refractivity contribution in [3.63, 3.8) is 0 Å². The second kappa shape index (κ2) is 10.7. The van der Waals surface area contributed by atoms with Crippen molar-refractivity contribution in [2.24, 2.45) is 0 Å². The maximum atomic E-state index is 7.66. The van der Waals surface area contributed by atoms with Gasteiger partial charge in [0.15, 0.2) is 5.69 Å². The molecule has 0 saturated carbocycles. The van der Waals surface area contributed by atoms with E-state index in [9.17, 15) is 0 Å². The molecule has 0 amide bonds. The summed E-state index contributed by atoms with van der Waals surface area (Å²) in [5.74, 6) is 0. The summed E-state index contributed by atoms with van der Waals surface area (Å²) >= 11 is 0. The van der Waals surface area contributed by atoms with E-state index in [2.05, 4.69) is 167 Å². The number of hydrogen-bond acceptors (Lipinski definition) is 0. The van der Waals surface area contributed by atoms with Crippen LogP contribution in [0.15, 0.2) is 170 Å². The second-order valence-corrected chi connectivity index (χ2v) is 12.8. The van der Waals surface area contributed by atoms with Crippen molar-refractivity contribution >= 4 is 70.6 Å². The van der Waals surface area contributed by atoms with E-state index in [1.165, 1.54) is 65.3 Å². The van der Waals surface area contributed by atoms with E-state index in [-0.39, 0.29) is 0 Å². The lowest BCUT2D eigenvalue weighted by molar-refractivity contribution is 1.18. The van der Waals surface area contributed by atoms with Crippen LogP contribution in [0.5, 0.6) is 0 Å². The van der Waals surface area contributed by atoms with Crippen LogP contribution in [0.2, 0.25) is 0 Å². The molecule has 9 aromatic carbocycles. The van der Waals surface area contributed by atoms with Gasteiger partial charge in [-0.1, -0.05) is 127 Å². The zero-order valence-corrected chi connectivity index (χ0v) is 26.6. The Bertz CT molecular complexity index is 2990. The van der Waals surface area contributed by atoms with E-state index < -0.39 is 0 Å². The molecule has 0 atom stereocenters. The first-order valence-electron chi connectivity index (χ1n) is 16.6. The summed E-state index contributed by atoms with van der Waals surface area (Å²) in [6, 6.07) is 61.2. The molecule has 2 heteroatoms. The Labute approximate surface area is 283 Å². The maximum absolute atomic E-state index is 7.66. The Morgan fingerprint density at radius 2 is 1.00 bits per heavy atom. The summed E-state index contributed by atoms with van der Waals surface area (Å²) in [4.78, 5) is 3.74. The highest BCUT2D eigenvalue weighted by Crippen LogP contribution is 2.44. The third kappa shape index (κ3) is 4.13. The van der Waals surface area contributed by atoms with Crippen molar-refractivity contribution in [1.82, 2.24) is 4.57 Å². The Balaban J connectivity index is 1.29. The predicted octanol–water partition coefficient (Wildman–Crippen LogP) is 13.3. The molecule has 49 heavy (non-hydrogen) atoms. The van der Waals surface area contributed by atoms with Crippen molar-refractivity contribution in [3.8, 4) is 27.9 Å². The van der Waals surface area contributed by atoms with Gasteiger partial charge in [0, 0.05) is 11.1 Å². The zero-order valence-electron chi connectivity index (χ0n) is 26.6. The Hall–Kier alpha value is -6.69. The lowest BCUT2D eigenvalue weighted by atomic mass is 9.86. The highest BCUT2D eigenvalue weighted by Gasteiger charge is 2.18. The molecular formula is C47H28N2. The molecule has 0 bridgehead atoms. The topological polar surface area (TPSA) is 9.29 Å². The van der Waals surface area contributed by atoms with Gasteiger partial charge in [-0.15, -0.1) is 0 Å². The van der Waals surface area contributed by atoms with Gasteiger partial charge < -0.3 is 4.57 Å². The smallest absolute Gasteiger partial charge is 0.188 e. The summed E-state index contributed by atoms with van der Waals surface area (Å²) in [7, 11) is 0.